The number of fused-ring (bicyclic) bond motifs is 4. The Balaban J connectivity index is 1.17. The fraction of sp³-hybridized carbons (Fsp3) is 0.524. The van der Waals surface area contributed by atoms with Crippen molar-refractivity contribution in [3.8, 4) is 11.5 Å². The Kier molecular flexibility index (Phi) is 4.90. The van der Waals surface area contributed by atoms with Gasteiger partial charge in [-0.25, -0.2) is 4.68 Å². The van der Waals surface area contributed by atoms with Crippen LogP contribution in [0.2, 0.25) is 0 Å². The first kappa shape index (κ1) is 19.0. The zero-order valence-corrected chi connectivity index (χ0v) is 17.0. The average Bonchev–Trinajstić information content (AvgIpc) is 3.41. The molecular weight excluding hydrogens is 386 g/mol. The minimum Gasteiger partial charge on any atom is -0.454 e. The first-order valence-electron chi connectivity index (χ1n) is 10.5. The van der Waals surface area contributed by atoms with E-state index in [1.54, 1.807) is 10.9 Å². The van der Waals surface area contributed by atoms with Crippen LogP contribution >= 0.6 is 0 Å². The van der Waals surface area contributed by atoms with Gasteiger partial charge in [0.2, 0.25) is 12.7 Å². The molecule has 6 rings (SSSR count). The highest BCUT2D eigenvalue weighted by molar-refractivity contribution is 5.91. The van der Waals surface area contributed by atoms with Crippen molar-refractivity contribution in [2.45, 2.75) is 38.9 Å². The molecule has 9 heteroatoms. The van der Waals surface area contributed by atoms with E-state index < -0.39 is 0 Å². The lowest BCUT2D eigenvalue weighted by Crippen LogP contribution is -3.20. The molecule has 4 atom stereocenters. The smallest absolute Gasteiger partial charge is 0.231 e. The fourth-order valence-electron chi connectivity index (χ4n) is 4.96. The van der Waals surface area contributed by atoms with E-state index in [-0.39, 0.29) is 24.4 Å². The van der Waals surface area contributed by atoms with Gasteiger partial charge in [-0.1, -0.05) is 11.3 Å². The SMILES string of the molecule is CC(=O)c1cn(C[C@H]2C[C@H]3CC[NH+]2C[C@@H]3C(=O)NCc2ccc3c(c2)OCO3)nn1. The number of piperidine rings is 3. The van der Waals surface area contributed by atoms with Gasteiger partial charge in [0.15, 0.2) is 17.3 Å². The highest BCUT2D eigenvalue weighted by atomic mass is 16.7. The number of nitrogens with one attached hydrogen (secondary N) is 2. The summed E-state index contributed by atoms with van der Waals surface area (Å²) in [4.78, 5) is 25.8. The van der Waals surface area contributed by atoms with Gasteiger partial charge in [0.1, 0.15) is 11.7 Å². The lowest BCUT2D eigenvalue weighted by molar-refractivity contribution is -0.945. The third-order valence-electron chi connectivity index (χ3n) is 6.60. The summed E-state index contributed by atoms with van der Waals surface area (Å²) < 4.78 is 12.5. The van der Waals surface area contributed by atoms with Crippen molar-refractivity contribution < 1.29 is 24.0 Å². The minimum absolute atomic E-state index is 0.0440. The van der Waals surface area contributed by atoms with Crippen LogP contribution in [0.4, 0.5) is 0 Å². The van der Waals surface area contributed by atoms with Crippen molar-refractivity contribution in [2.24, 2.45) is 11.8 Å². The van der Waals surface area contributed by atoms with Crippen molar-refractivity contribution in [2.75, 3.05) is 19.9 Å². The van der Waals surface area contributed by atoms with Gasteiger partial charge < -0.3 is 19.7 Å². The van der Waals surface area contributed by atoms with Crippen molar-refractivity contribution in [1.82, 2.24) is 20.3 Å². The van der Waals surface area contributed by atoms with Crippen LogP contribution in [0.3, 0.4) is 0 Å². The molecule has 0 spiro atoms. The highest BCUT2D eigenvalue weighted by Gasteiger charge is 2.46. The number of carbonyl (C=O) groups excluding carboxylic acids is 2. The second kappa shape index (κ2) is 7.71. The fourth-order valence-corrected chi connectivity index (χ4v) is 4.96. The number of hydrogen-bond donors (Lipinski definition) is 2. The molecule has 2 aromatic rings. The van der Waals surface area contributed by atoms with Crippen LogP contribution in [0, 0.1) is 11.8 Å². The molecule has 1 unspecified atom stereocenters. The van der Waals surface area contributed by atoms with Crippen LogP contribution < -0.4 is 19.7 Å². The van der Waals surface area contributed by atoms with Gasteiger partial charge in [0.05, 0.1) is 31.7 Å². The van der Waals surface area contributed by atoms with Gasteiger partial charge in [-0.15, -0.1) is 5.10 Å². The second-order valence-corrected chi connectivity index (χ2v) is 8.49. The molecule has 1 aromatic heterocycles. The number of ketones is 1. The summed E-state index contributed by atoms with van der Waals surface area (Å²) in [6.45, 7) is 4.89. The molecule has 3 fully saturated rings. The van der Waals surface area contributed by atoms with E-state index in [1.165, 1.54) is 11.8 Å². The molecular formula is C21H26N5O4+. The van der Waals surface area contributed by atoms with Crippen LogP contribution in [-0.4, -0.2) is 52.6 Å². The van der Waals surface area contributed by atoms with Crippen LogP contribution in [0.15, 0.2) is 24.4 Å². The first-order chi connectivity index (χ1) is 14.6. The summed E-state index contributed by atoms with van der Waals surface area (Å²) in [5, 5.41) is 11.1. The molecule has 2 N–H and O–H groups in total. The Morgan fingerprint density at radius 3 is 2.93 bits per heavy atom. The lowest BCUT2D eigenvalue weighted by Gasteiger charge is -2.46. The van der Waals surface area contributed by atoms with Crippen molar-refractivity contribution in [3.05, 3.63) is 35.7 Å². The monoisotopic (exact) mass is 412 g/mol. The molecule has 0 radical (unpaired) electrons. The molecule has 9 nitrogen and oxygen atoms in total. The zero-order valence-electron chi connectivity index (χ0n) is 17.0. The number of rotatable bonds is 6. The number of aromatic nitrogens is 3. The molecule has 158 valence electrons. The van der Waals surface area contributed by atoms with Gasteiger partial charge >= 0.3 is 0 Å². The third-order valence-corrected chi connectivity index (χ3v) is 6.60. The molecule has 2 bridgehead atoms. The molecule has 5 heterocycles. The van der Waals surface area contributed by atoms with Crippen molar-refractivity contribution >= 4 is 11.7 Å². The van der Waals surface area contributed by atoms with Gasteiger partial charge in [-0.3, -0.25) is 9.59 Å². The summed E-state index contributed by atoms with van der Waals surface area (Å²) in [6.07, 6.45) is 3.79. The Morgan fingerprint density at radius 2 is 2.17 bits per heavy atom. The molecule has 30 heavy (non-hydrogen) atoms. The number of benzene rings is 1. The molecule has 1 aromatic carbocycles. The third kappa shape index (κ3) is 3.65. The molecule has 0 aliphatic carbocycles. The Labute approximate surface area is 174 Å². The van der Waals surface area contributed by atoms with Crippen molar-refractivity contribution in [3.63, 3.8) is 0 Å². The molecule has 4 aliphatic heterocycles. The van der Waals surface area contributed by atoms with Crippen LogP contribution in [-0.2, 0) is 17.9 Å². The van der Waals surface area contributed by atoms with Gasteiger partial charge in [0, 0.05) is 26.3 Å². The normalized spacial score (nSPS) is 26.6. The molecule has 0 saturated carbocycles. The van der Waals surface area contributed by atoms with E-state index in [9.17, 15) is 9.59 Å². The first-order valence-corrected chi connectivity index (χ1v) is 10.5. The van der Waals surface area contributed by atoms with Gasteiger partial charge in [-0.2, -0.15) is 0 Å². The van der Waals surface area contributed by atoms with E-state index in [2.05, 4.69) is 15.6 Å². The number of nitrogens with zero attached hydrogens (tertiary/aromatic N) is 3. The van der Waals surface area contributed by atoms with E-state index in [0.29, 0.717) is 24.2 Å². The van der Waals surface area contributed by atoms with Crippen LogP contribution in [0.5, 0.6) is 11.5 Å². The van der Waals surface area contributed by atoms with E-state index in [0.717, 1.165) is 49.5 Å². The summed E-state index contributed by atoms with van der Waals surface area (Å²) in [5.74, 6) is 1.98. The summed E-state index contributed by atoms with van der Waals surface area (Å²) >= 11 is 0. The maximum absolute atomic E-state index is 12.9. The zero-order chi connectivity index (χ0) is 20.7. The van der Waals surface area contributed by atoms with Crippen LogP contribution in [0.25, 0.3) is 0 Å². The number of Topliss-reactive ketones (excluding diaryl/α,β-unsaturated/α-hetero) is 1. The summed E-state index contributed by atoms with van der Waals surface area (Å²) in [6, 6.07) is 6.17. The number of ether oxygens (including phenoxy) is 2. The molecule has 1 amide bonds. The topological polar surface area (TPSA) is 99.8 Å². The van der Waals surface area contributed by atoms with E-state index in [4.69, 9.17) is 9.47 Å². The number of carbonyl (C=O) groups is 2. The molecule has 3 saturated heterocycles. The Morgan fingerprint density at radius 1 is 1.30 bits per heavy atom. The predicted octanol–water partition coefficient (Wildman–Crippen LogP) is -0.181. The number of quaternary nitrogens is 1. The second-order valence-electron chi connectivity index (χ2n) is 8.49. The van der Waals surface area contributed by atoms with Crippen molar-refractivity contribution in [1.29, 1.82) is 0 Å². The van der Waals surface area contributed by atoms with Gasteiger partial charge in [0.25, 0.3) is 0 Å². The average molecular weight is 412 g/mol. The minimum atomic E-state index is -0.0711. The number of amides is 1. The Hall–Kier alpha value is -2.94. The highest BCUT2D eigenvalue weighted by Crippen LogP contribution is 2.32. The molecule has 4 aliphatic rings. The standard InChI is InChI=1S/C21H25N5O4/c1-13(27)18-11-26(24-23-18)9-16-7-15-4-5-25(16)10-17(15)21(28)22-8-14-2-3-19-20(6-14)30-12-29-19/h2-3,6,11,15-17H,4-5,7-10,12H2,1H3,(H,22,28)/p+1/t15-,16-,17+/m1/s1. The van der Waals surface area contributed by atoms with E-state index in [1.807, 2.05) is 18.2 Å². The van der Waals surface area contributed by atoms with E-state index >= 15 is 0 Å². The van der Waals surface area contributed by atoms with Crippen LogP contribution in [0.1, 0.15) is 35.8 Å². The lowest BCUT2D eigenvalue weighted by atomic mass is 9.75. The Bertz CT molecular complexity index is 974. The maximum Gasteiger partial charge on any atom is 0.231 e. The summed E-state index contributed by atoms with van der Waals surface area (Å²) in [7, 11) is 0. The quantitative estimate of drug-likeness (QED) is 0.639. The maximum atomic E-state index is 12.9. The summed E-state index contributed by atoms with van der Waals surface area (Å²) in [5.41, 5.74) is 1.41. The predicted molar refractivity (Wildman–Crippen MR) is 105 cm³/mol. The van der Waals surface area contributed by atoms with Gasteiger partial charge in [-0.05, 0) is 23.6 Å². The number of hydrogen-bond acceptors (Lipinski definition) is 6. The largest absolute Gasteiger partial charge is 0.454 e.